The van der Waals surface area contributed by atoms with Gasteiger partial charge in [-0.05, 0) is 35.7 Å². The second-order valence-corrected chi connectivity index (χ2v) is 9.76. The van der Waals surface area contributed by atoms with Crippen LogP contribution in [0.2, 0.25) is 0 Å². The fourth-order valence-electron chi connectivity index (χ4n) is 6.37. The van der Waals surface area contributed by atoms with Gasteiger partial charge in [0.05, 0.1) is 38.4 Å². The molecule has 3 aliphatic rings. The molecule has 2 aromatic carbocycles. The maximum atomic E-state index is 11.9. The number of aliphatic hydroxyl groups excluding tert-OH is 3. The first-order valence-electron chi connectivity index (χ1n) is 11.8. The van der Waals surface area contributed by atoms with Crippen LogP contribution in [0, 0.1) is 11.8 Å². The molecule has 2 bridgehead atoms. The Hall–Kier alpha value is -2.51. The van der Waals surface area contributed by atoms with E-state index in [2.05, 4.69) is 29.2 Å². The molecular weight excluding hydrogens is 416 g/mol. The van der Waals surface area contributed by atoms with E-state index >= 15 is 0 Å². The normalized spacial score (nSPS) is 28.5. The minimum absolute atomic E-state index is 0.00269. The molecule has 33 heavy (non-hydrogen) atoms. The third-order valence-electron chi connectivity index (χ3n) is 8.06. The monoisotopic (exact) mass is 449 g/mol. The predicted octanol–water partition coefficient (Wildman–Crippen LogP) is 3.06. The van der Waals surface area contributed by atoms with Crippen molar-refractivity contribution in [3.05, 3.63) is 71.9 Å². The first-order valence-corrected chi connectivity index (χ1v) is 11.8. The number of rotatable bonds is 7. The molecule has 2 unspecified atom stereocenters. The summed E-state index contributed by atoms with van der Waals surface area (Å²) in [6.07, 6.45) is 2.21. The molecule has 3 aliphatic heterocycles. The quantitative estimate of drug-likeness (QED) is 0.483. The third-order valence-corrected chi connectivity index (χ3v) is 8.06. The van der Waals surface area contributed by atoms with Gasteiger partial charge in [0.15, 0.2) is 0 Å². The average molecular weight is 450 g/mol. The van der Waals surface area contributed by atoms with E-state index in [1.54, 1.807) is 13.3 Å². The average Bonchev–Trinajstić information content (AvgIpc) is 2.87. The Labute approximate surface area is 194 Å². The van der Waals surface area contributed by atoms with Crippen LogP contribution in [0.1, 0.15) is 30.1 Å². The highest BCUT2D eigenvalue weighted by Gasteiger charge is 2.56. The number of quaternary nitrogens is 1. The van der Waals surface area contributed by atoms with Gasteiger partial charge < -0.3 is 24.5 Å². The minimum atomic E-state index is -0.715. The summed E-state index contributed by atoms with van der Waals surface area (Å²) in [5, 5.41) is 33.0. The number of fused-ring (bicyclic) bond motifs is 4. The van der Waals surface area contributed by atoms with Crippen LogP contribution in [0.15, 0.2) is 60.8 Å². The van der Waals surface area contributed by atoms with Crippen LogP contribution in [0.3, 0.4) is 0 Å². The Bertz CT molecular complexity index is 1110. The van der Waals surface area contributed by atoms with Crippen LogP contribution >= 0.6 is 0 Å². The van der Waals surface area contributed by atoms with Gasteiger partial charge in [-0.2, -0.15) is 0 Å². The van der Waals surface area contributed by atoms with Crippen LogP contribution in [-0.4, -0.2) is 63.7 Å². The van der Waals surface area contributed by atoms with Crippen LogP contribution in [0.25, 0.3) is 10.9 Å². The summed E-state index contributed by atoms with van der Waals surface area (Å²) in [5.41, 5.74) is 2.95. The second-order valence-electron chi connectivity index (χ2n) is 9.76. The maximum Gasteiger partial charge on any atom is 0.131 e. The number of benzene rings is 2. The van der Waals surface area contributed by atoms with E-state index in [-0.39, 0.29) is 18.6 Å². The van der Waals surface area contributed by atoms with Gasteiger partial charge in [-0.3, -0.25) is 4.98 Å². The van der Waals surface area contributed by atoms with E-state index in [4.69, 9.17) is 4.74 Å². The standard InChI is InChI=1S/C27H33N2O4/c1-33-20-7-8-24-22(14-20)21(9-11-28-24)27(32)25-13-19-10-12-29(25,16-23(19)26(31)17-30)15-18-5-3-2-4-6-18/h2-9,11,14,19,23,25-27,30-32H,10,12-13,15-17H2,1H3/q+1/t19-,23-,25+,26?,27-,29?/m0/s1. The van der Waals surface area contributed by atoms with E-state index in [0.717, 1.165) is 59.2 Å². The predicted molar refractivity (Wildman–Crippen MR) is 126 cm³/mol. The lowest BCUT2D eigenvalue weighted by atomic mass is 9.69. The summed E-state index contributed by atoms with van der Waals surface area (Å²) in [7, 11) is 1.64. The summed E-state index contributed by atoms with van der Waals surface area (Å²) in [6.45, 7) is 2.31. The molecule has 0 spiro atoms. The van der Waals surface area contributed by atoms with Gasteiger partial charge in [0.2, 0.25) is 0 Å². The van der Waals surface area contributed by atoms with Crippen LogP contribution in [-0.2, 0) is 6.54 Å². The molecule has 4 heterocycles. The second kappa shape index (κ2) is 9.03. The summed E-state index contributed by atoms with van der Waals surface area (Å²) in [4.78, 5) is 4.49. The molecule has 0 aliphatic carbocycles. The Kier molecular flexibility index (Phi) is 6.10. The van der Waals surface area contributed by atoms with Gasteiger partial charge in [-0.25, -0.2) is 0 Å². The summed E-state index contributed by atoms with van der Waals surface area (Å²) < 4.78 is 6.16. The Morgan fingerprint density at radius 3 is 2.70 bits per heavy atom. The zero-order chi connectivity index (χ0) is 23.0. The molecule has 3 saturated heterocycles. The fraction of sp³-hybridized carbons (Fsp3) is 0.444. The molecule has 0 amide bonds. The third kappa shape index (κ3) is 4.02. The molecular formula is C27H33N2O4+. The fourth-order valence-corrected chi connectivity index (χ4v) is 6.37. The molecule has 6 heteroatoms. The van der Waals surface area contributed by atoms with Gasteiger partial charge in [0, 0.05) is 35.9 Å². The number of aromatic nitrogens is 1. The number of ether oxygens (including phenoxy) is 1. The minimum Gasteiger partial charge on any atom is -0.497 e. The van der Waals surface area contributed by atoms with E-state index in [9.17, 15) is 15.3 Å². The highest BCUT2D eigenvalue weighted by molar-refractivity contribution is 5.83. The maximum absolute atomic E-state index is 11.9. The number of nitrogens with zero attached hydrogens (tertiary/aromatic N) is 2. The van der Waals surface area contributed by atoms with Crippen molar-refractivity contribution in [3.63, 3.8) is 0 Å². The first kappa shape index (κ1) is 22.3. The van der Waals surface area contributed by atoms with E-state index in [1.807, 2.05) is 30.3 Å². The number of hydrogen-bond donors (Lipinski definition) is 3. The zero-order valence-electron chi connectivity index (χ0n) is 19.0. The lowest BCUT2D eigenvalue weighted by Crippen LogP contribution is -2.69. The van der Waals surface area contributed by atoms with Crippen LogP contribution in [0.4, 0.5) is 0 Å². The van der Waals surface area contributed by atoms with Crippen molar-refractivity contribution in [1.82, 2.24) is 4.98 Å². The molecule has 3 aromatic rings. The molecule has 6 nitrogen and oxygen atoms in total. The van der Waals surface area contributed by atoms with Crippen LogP contribution < -0.4 is 4.74 Å². The van der Waals surface area contributed by atoms with Crippen molar-refractivity contribution >= 4 is 10.9 Å². The van der Waals surface area contributed by atoms with Gasteiger partial charge in [-0.1, -0.05) is 30.3 Å². The lowest BCUT2D eigenvalue weighted by molar-refractivity contribution is -0.986. The lowest BCUT2D eigenvalue weighted by Gasteiger charge is -2.59. The summed E-state index contributed by atoms with van der Waals surface area (Å²) >= 11 is 0. The molecule has 3 fully saturated rings. The van der Waals surface area contributed by atoms with Gasteiger partial charge >= 0.3 is 0 Å². The Morgan fingerprint density at radius 1 is 1.12 bits per heavy atom. The Balaban J connectivity index is 1.55. The summed E-state index contributed by atoms with van der Waals surface area (Å²) in [5.74, 6) is 1.09. The number of pyridine rings is 1. The van der Waals surface area contributed by atoms with Crippen molar-refractivity contribution < 1.29 is 24.5 Å². The molecule has 6 atom stereocenters. The van der Waals surface area contributed by atoms with E-state index in [1.165, 1.54) is 5.56 Å². The van der Waals surface area contributed by atoms with Crippen molar-refractivity contribution in [2.75, 3.05) is 26.8 Å². The molecule has 1 aromatic heterocycles. The van der Waals surface area contributed by atoms with Gasteiger partial charge in [-0.15, -0.1) is 0 Å². The summed E-state index contributed by atoms with van der Waals surface area (Å²) in [6, 6.07) is 18.1. The van der Waals surface area contributed by atoms with Crippen molar-refractivity contribution in [2.24, 2.45) is 11.8 Å². The van der Waals surface area contributed by atoms with Crippen molar-refractivity contribution in [3.8, 4) is 5.75 Å². The van der Waals surface area contributed by atoms with Crippen molar-refractivity contribution in [2.45, 2.75) is 37.6 Å². The topological polar surface area (TPSA) is 82.8 Å². The Morgan fingerprint density at radius 2 is 1.94 bits per heavy atom. The van der Waals surface area contributed by atoms with Gasteiger partial charge in [0.1, 0.15) is 24.4 Å². The molecule has 174 valence electrons. The van der Waals surface area contributed by atoms with Crippen molar-refractivity contribution in [1.29, 1.82) is 0 Å². The zero-order valence-corrected chi connectivity index (χ0v) is 19.0. The smallest absolute Gasteiger partial charge is 0.131 e. The highest BCUT2D eigenvalue weighted by atomic mass is 16.5. The molecule has 0 saturated carbocycles. The number of methoxy groups -OCH3 is 1. The SMILES string of the molecule is COc1ccc2nccc([C@H](O)[C@H]3C[C@@H]4CC[N+]3(Cc3ccccc3)C[C@@H]4C(O)CO)c2c1. The van der Waals surface area contributed by atoms with E-state index < -0.39 is 12.2 Å². The van der Waals surface area contributed by atoms with Gasteiger partial charge in [0.25, 0.3) is 0 Å². The highest BCUT2D eigenvalue weighted by Crippen LogP contribution is 2.48. The number of aliphatic hydroxyl groups is 3. The largest absolute Gasteiger partial charge is 0.497 e. The molecule has 6 rings (SSSR count). The van der Waals surface area contributed by atoms with E-state index in [0.29, 0.717) is 5.92 Å². The van der Waals surface area contributed by atoms with Crippen LogP contribution in [0.5, 0.6) is 5.75 Å². The number of hydrogen-bond acceptors (Lipinski definition) is 5. The molecule has 0 radical (unpaired) electrons. The molecule has 3 N–H and O–H groups in total. The first-order chi connectivity index (χ1) is 16.0. The number of piperidine rings is 3.